The third kappa shape index (κ3) is 2.43. The Hall–Kier alpha value is -1.33. The zero-order valence-corrected chi connectivity index (χ0v) is 9.58. The van der Waals surface area contributed by atoms with Gasteiger partial charge in [0, 0.05) is 13.1 Å². The van der Waals surface area contributed by atoms with Crippen LogP contribution in [0.4, 0.5) is 0 Å². The summed E-state index contributed by atoms with van der Waals surface area (Å²) in [5.74, 6) is 1.30. The van der Waals surface area contributed by atoms with E-state index >= 15 is 0 Å². The van der Waals surface area contributed by atoms with Gasteiger partial charge in [-0.15, -0.1) is 0 Å². The maximum absolute atomic E-state index is 11.9. The summed E-state index contributed by atoms with van der Waals surface area (Å²) in [4.78, 5) is 11.9. The van der Waals surface area contributed by atoms with Crippen LogP contribution in [0.5, 0.6) is 0 Å². The van der Waals surface area contributed by atoms with Gasteiger partial charge in [-0.1, -0.05) is 0 Å². The molecule has 0 aromatic carbocycles. The number of nitrogens with one attached hydrogen (secondary N) is 1. The lowest BCUT2D eigenvalue weighted by atomic mass is 10.2. The largest absolute Gasteiger partial charge is 0.466 e. The Balaban J connectivity index is 1.99. The van der Waals surface area contributed by atoms with Crippen LogP contribution in [0.15, 0.2) is 10.5 Å². The molecule has 0 atom stereocenters. The number of carbonyl (C=O) groups excluding carboxylic acids is 1. The number of ether oxygens (including phenoxy) is 1. The Kier molecular flexibility index (Phi) is 3.26. The molecule has 16 heavy (non-hydrogen) atoms. The SMILES string of the molecule is Cc1cc(C(=O)NN2CCOCC2)c(C)o1. The fourth-order valence-electron chi connectivity index (χ4n) is 1.74. The van der Waals surface area contributed by atoms with Crippen LogP contribution in [-0.4, -0.2) is 37.2 Å². The van der Waals surface area contributed by atoms with Gasteiger partial charge in [0.05, 0.1) is 18.8 Å². The second-order valence-corrected chi connectivity index (χ2v) is 3.87. The van der Waals surface area contributed by atoms with Gasteiger partial charge in [-0.05, 0) is 19.9 Å². The first-order chi connectivity index (χ1) is 7.66. The topological polar surface area (TPSA) is 54.7 Å². The molecule has 0 bridgehead atoms. The van der Waals surface area contributed by atoms with Crippen molar-refractivity contribution in [1.82, 2.24) is 10.4 Å². The van der Waals surface area contributed by atoms with Crippen LogP contribution in [0.2, 0.25) is 0 Å². The third-order valence-corrected chi connectivity index (χ3v) is 2.56. The van der Waals surface area contributed by atoms with E-state index in [-0.39, 0.29) is 5.91 Å². The molecule has 1 N–H and O–H groups in total. The maximum Gasteiger partial charge on any atom is 0.269 e. The second kappa shape index (κ2) is 4.67. The predicted molar refractivity (Wildman–Crippen MR) is 58.0 cm³/mol. The van der Waals surface area contributed by atoms with Crippen molar-refractivity contribution in [3.8, 4) is 0 Å². The van der Waals surface area contributed by atoms with E-state index in [0.29, 0.717) is 24.5 Å². The number of hydrazine groups is 1. The van der Waals surface area contributed by atoms with Crippen LogP contribution in [0, 0.1) is 13.8 Å². The summed E-state index contributed by atoms with van der Waals surface area (Å²) in [6.45, 7) is 6.39. The molecule has 0 saturated carbocycles. The van der Waals surface area contributed by atoms with Gasteiger partial charge >= 0.3 is 0 Å². The quantitative estimate of drug-likeness (QED) is 0.810. The summed E-state index contributed by atoms with van der Waals surface area (Å²) in [5.41, 5.74) is 3.44. The van der Waals surface area contributed by atoms with Crippen LogP contribution in [0.25, 0.3) is 0 Å². The Morgan fingerprint density at radius 1 is 1.38 bits per heavy atom. The van der Waals surface area contributed by atoms with Gasteiger partial charge in [-0.3, -0.25) is 10.2 Å². The summed E-state index contributed by atoms with van der Waals surface area (Å²) in [7, 11) is 0. The first-order valence-electron chi connectivity index (χ1n) is 5.37. The number of furan rings is 1. The van der Waals surface area contributed by atoms with Gasteiger partial charge < -0.3 is 9.15 Å². The number of nitrogens with zero attached hydrogens (tertiary/aromatic N) is 1. The molecule has 5 heteroatoms. The van der Waals surface area contributed by atoms with E-state index in [1.807, 2.05) is 11.9 Å². The Labute approximate surface area is 94.3 Å². The highest BCUT2D eigenvalue weighted by Gasteiger charge is 2.17. The van der Waals surface area contributed by atoms with Gasteiger partial charge in [0.2, 0.25) is 0 Å². The minimum absolute atomic E-state index is 0.115. The minimum atomic E-state index is -0.115. The lowest BCUT2D eigenvalue weighted by molar-refractivity contribution is 0.0126. The number of hydrogen-bond donors (Lipinski definition) is 1. The fraction of sp³-hybridized carbons (Fsp3) is 0.545. The Morgan fingerprint density at radius 3 is 2.62 bits per heavy atom. The number of carbonyl (C=O) groups is 1. The highest BCUT2D eigenvalue weighted by molar-refractivity contribution is 5.94. The van der Waals surface area contributed by atoms with Gasteiger partial charge in [-0.25, -0.2) is 5.01 Å². The van der Waals surface area contributed by atoms with E-state index in [1.165, 1.54) is 0 Å². The van der Waals surface area contributed by atoms with E-state index in [2.05, 4.69) is 5.43 Å². The smallest absolute Gasteiger partial charge is 0.269 e. The molecular formula is C11H16N2O3. The van der Waals surface area contributed by atoms with Crippen molar-refractivity contribution in [2.75, 3.05) is 26.3 Å². The molecule has 5 nitrogen and oxygen atoms in total. The summed E-state index contributed by atoms with van der Waals surface area (Å²) in [6, 6.07) is 1.76. The van der Waals surface area contributed by atoms with Crippen molar-refractivity contribution in [2.24, 2.45) is 0 Å². The Morgan fingerprint density at radius 2 is 2.06 bits per heavy atom. The van der Waals surface area contributed by atoms with Gasteiger partial charge in [0.1, 0.15) is 11.5 Å². The molecule has 1 amide bonds. The standard InChI is InChI=1S/C11H16N2O3/c1-8-7-10(9(2)16-8)11(14)12-13-3-5-15-6-4-13/h7H,3-6H2,1-2H3,(H,12,14). The van der Waals surface area contributed by atoms with Crippen molar-refractivity contribution < 1.29 is 13.9 Å². The summed E-state index contributed by atoms with van der Waals surface area (Å²) < 4.78 is 10.5. The molecule has 1 fully saturated rings. The van der Waals surface area contributed by atoms with E-state index < -0.39 is 0 Å². The number of amides is 1. The molecule has 2 rings (SSSR count). The predicted octanol–water partition coefficient (Wildman–Crippen LogP) is 0.873. The molecule has 1 aromatic rings. The average molecular weight is 224 g/mol. The molecule has 1 saturated heterocycles. The van der Waals surface area contributed by atoms with Crippen molar-refractivity contribution in [3.05, 3.63) is 23.2 Å². The third-order valence-electron chi connectivity index (χ3n) is 2.56. The molecule has 0 spiro atoms. The number of rotatable bonds is 2. The zero-order valence-electron chi connectivity index (χ0n) is 9.58. The molecular weight excluding hydrogens is 208 g/mol. The Bertz CT molecular complexity index is 381. The van der Waals surface area contributed by atoms with Gasteiger partial charge in [-0.2, -0.15) is 0 Å². The highest BCUT2D eigenvalue weighted by atomic mass is 16.5. The van der Waals surface area contributed by atoms with E-state index in [4.69, 9.17) is 9.15 Å². The number of morpholine rings is 1. The minimum Gasteiger partial charge on any atom is -0.466 e. The molecule has 0 radical (unpaired) electrons. The van der Waals surface area contributed by atoms with E-state index in [1.54, 1.807) is 13.0 Å². The summed E-state index contributed by atoms with van der Waals surface area (Å²) in [6.07, 6.45) is 0. The number of aryl methyl sites for hydroxylation is 2. The van der Waals surface area contributed by atoms with Crippen molar-refractivity contribution in [3.63, 3.8) is 0 Å². The van der Waals surface area contributed by atoms with Crippen LogP contribution < -0.4 is 5.43 Å². The molecule has 0 aliphatic carbocycles. The van der Waals surface area contributed by atoms with Crippen LogP contribution in [-0.2, 0) is 4.74 Å². The normalized spacial score (nSPS) is 17.4. The number of hydrogen-bond acceptors (Lipinski definition) is 4. The van der Waals surface area contributed by atoms with Crippen molar-refractivity contribution in [1.29, 1.82) is 0 Å². The van der Waals surface area contributed by atoms with E-state index in [9.17, 15) is 4.79 Å². The molecule has 88 valence electrons. The fourth-order valence-corrected chi connectivity index (χ4v) is 1.74. The van der Waals surface area contributed by atoms with Crippen LogP contribution in [0.3, 0.4) is 0 Å². The lowest BCUT2D eigenvalue weighted by Crippen LogP contribution is -2.48. The second-order valence-electron chi connectivity index (χ2n) is 3.87. The molecule has 2 heterocycles. The molecule has 1 aliphatic rings. The monoisotopic (exact) mass is 224 g/mol. The maximum atomic E-state index is 11.9. The average Bonchev–Trinajstić information content (AvgIpc) is 2.59. The zero-order chi connectivity index (χ0) is 11.5. The first kappa shape index (κ1) is 11.2. The van der Waals surface area contributed by atoms with Crippen LogP contribution >= 0.6 is 0 Å². The highest BCUT2D eigenvalue weighted by Crippen LogP contribution is 2.13. The van der Waals surface area contributed by atoms with Crippen molar-refractivity contribution >= 4 is 5.91 Å². The summed E-state index contributed by atoms with van der Waals surface area (Å²) >= 11 is 0. The van der Waals surface area contributed by atoms with Gasteiger partial charge in [0.25, 0.3) is 5.91 Å². The first-order valence-corrected chi connectivity index (χ1v) is 5.37. The summed E-state index contributed by atoms with van der Waals surface area (Å²) in [5, 5.41) is 1.87. The molecule has 1 aromatic heterocycles. The molecule has 0 unspecified atom stereocenters. The van der Waals surface area contributed by atoms with Crippen LogP contribution in [0.1, 0.15) is 21.9 Å². The van der Waals surface area contributed by atoms with Crippen molar-refractivity contribution in [2.45, 2.75) is 13.8 Å². The van der Waals surface area contributed by atoms with Gasteiger partial charge in [0.15, 0.2) is 0 Å². The molecule has 1 aliphatic heterocycles. The lowest BCUT2D eigenvalue weighted by Gasteiger charge is -2.26. The van der Waals surface area contributed by atoms with E-state index in [0.717, 1.165) is 18.8 Å².